The van der Waals surface area contributed by atoms with Crippen LogP contribution in [0.25, 0.3) is 0 Å². The van der Waals surface area contributed by atoms with Gasteiger partial charge in [-0.05, 0) is 0 Å². The summed E-state index contributed by atoms with van der Waals surface area (Å²) in [6, 6.07) is 1.62. The molecule has 3 N–H and O–H groups in total. The summed E-state index contributed by atoms with van der Waals surface area (Å²) in [5.74, 6) is -0.436. The first-order chi connectivity index (χ1) is 11.0. The molecule has 0 aliphatic rings. The highest BCUT2D eigenvalue weighted by Gasteiger charge is 2.26. The van der Waals surface area contributed by atoms with Gasteiger partial charge in [0.1, 0.15) is 0 Å². The quantitative estimate of drug-likeness (QED) is 0.773. The van der Waals surface area contributed by atoms with Crippen LogP contribution >= 0.6 is 0 Å². The van der Waals surface area contributed by atoms with Gasteiger partial charge in [0, 0.05) is 23.1 Å². The van der Waals surface area contributed by atoms with Gasteiger partial charge in [0.05, 0.1) is 18.0 Å². The Labute approximate surface area is 138 Å². The van der Waals surface area contributed by atoms with E-state index in [0.717, 1.165) is 0 Å². The fourth-order valence-corrected chi connectivity index (χ4v) is 1.95. The number of hydrogen-bond acceptors (Lipinski definition) is 6. The molecule has 2 aromatic heterocycles. The molecule has 0 fully saturated rings. The molecule has 0 aliphatic carbocycles. The summed E-state index contributed by atoms with van der Waals surface area (Å²) in [7, 11) is 0. The minimum atomic E-state index is -0.657. The van der Waals surface area contributed by atoms with E-state index in [4.69, 9.17) is 4.74 Å². The molecule has 0 aromatic carbocycles. The molecule has 0 saturated heterocycles. The number of aromatic nitrogens is 4. The Kier molecular flexibility index (Phi) is 4.50. The number of nitrogens with zero attached hydrogens (tertiary/aromatic N) is 2. The first-order valence-corrected chi connectivity index (χ1v) is 7.53. The molecule has 0 spiro atoms. The van der Waals surface area contributed by atoms with E-state index >= 15 is 0 Å². The lowest BCUT2D eigenvalue weighted by Gasteiger charge is -2.24. The summed E-state index contributed by atoms with van der Waals surface area (Å²) in [6.07, 6.45) is 1.42. The van der Waals surface area contributed by atoms with Gasteiger partial charge in [-0.15, -0.1) is 0 Å². The zero-order valence-electron chi connectivity index (χ0n) is 14.4. The van der Waals surface area contributed by atoms with E-state index in [1.165, 1.54) is 6.20 Å². The van der Waals surface area contributed by atoms with Crippen molar-refractivity contribution in [1.82, 2.24) is 20.2 Å². The van der Waals surface area contributed by atoms with Crippen molar-refractivity contribution in [2.75, 3.05) is 6.61 Å². The monoisotopic (exact) mass is 334 g/mol. The molecule has 2 aromatic rings. The van der Waals surface area contributed by atoms with Crippen molar-refractivity contribution in [2.24, 2.45) is 0 Å². The minimum absolute atomic E-state index is 0.127. The maximum Gasteiger partial charge on any atom is 0.310 e. The number of aromatic hydroxyl groups is 1. The summed E-state index contributed by atoms with van der Waals surface area (Å²) in [6.45, 7) is 9.72. The highest BCUT2D eigenvalue weighted by Crippen LogP contribution is 2.24. The first kappa shape index (κ1) is 17.7. The van der Waals surface area contributed by atoms with Crippen LogP contribution in [0.1, 0.15) is 46.0 Å². The van der Waals surface area contributed by atoms with Crippen molar-refractivity contribution >= 4 is 0 Å². The predicted octanol–water partition coefficient (Wildman–Crippen LogP) is 1.21. The summed E-state index contributed by atoms with van der Waals surface area (Å²) >= 11 is 0. The lowest BCUT2D eigenvalue weighted by Crippen LogP contribution is -2.30. The van der Waals surface area contributed by atoms with Crippen LogP contribution in [-0.4, -0.2) is 31.9 Å². The van der Waals surface area contributed by atoms with Gasteiger partial charge < -0.3 is 14.8 Å². The van der Waals surface area contributed by atoms with Crippen molar-refractivity contribution < 1.29 is 9.84 Å². The third-order valence-electron chi connectivity index (χ3n) is 3.59. The number of rotatable bonds is 4. The third kappa shape index (κ3) is 3.81. The van der Waals surface area contributed by atoms with Crippen molar-refractivity contribution in [1.29, 1.82) is 0 Å². The van der Waals surface area contributed by atoms with E-state index in [9.17, 15) is 14.7 Å². The van der Waals surface area contributed by atoms with Crippen molar-refractivity contribution in [3.63, 3.8) is 0 Å². The van der Waals surface area contributed by atoms with Crippen LogP contribution in [0.15, 0.2) is 21.9 Å². The molecule has 8 nitrogen and oxygen atoms in total. The van der Waals surface area contributed by atoms with Crippen LogP contribution in [0.2, 0.25) is 0 Å². The molecule has 0 unspecified atom stereocenters. The first-order valence-electron chi connectivity index (χ1n) is 7.53. The second kappa shape index (κ2) is 6.10. The number of hydrogen-bond donors (Lipinski definition) is 3. The number of ether oxygens (including phenoxy) is 1. The fourth-order valence-electron chi connectivity index (χ4n) is 1.95. The molecule has 0 aliphatic heterocycles. The Bertz CT molecular complexity index is 846. The molecule has 130 valence electrons. The molecule has 0 saturated carbocycles. The highest BCUT2D eigenvalue weighted by atomic mass is 16.5. The standard InChI is InChI=1S/C16H22N4O4/c1-15(2,3)10-6-9(12(21)20-19-10)24-8-16(4,5)11-7-17-13(22)14(23)18-11/h6-7H,8H2,1-5H3,(H,17,22)(H,18,23)(H,20,21). The van der Waals surface area contributed by atoms with Gasteiger partial charge in [0.25, 0.3) is 5.88 Å². The Morgan fingerprint density at radius 1 is 1.12 bits per heavy atom. The van der Waals surface area contributed by atoms with E-state index < -0.39 is 22.4 Å². The average Bonchev–Trinajstić information content (AvgIpc) is 2.48. The van der Waals surface area contributed by atoms with Gasteiger partial charge in [0.15, 0.2) is 5.75 Å². The molecular formula is C16H22N4O4. The zero-order valence-corrected chi connectivity index (χ0v) is 14.4. The maximum absolute atomic E-state index is 11.9. The van der Waals surface area contributed by atoms with Crippen LogP contribution in [0.4, 0.5) is 0 Å². The van der Waals surface area contributed by atoms with E-state index in [-0.39, 0.29) is 17.8 Å². The number of nitrogens with one attached hydrogen (secondary N) is 2. The Morgan fingerprint density at radius 2 is 1.79 bits per heavy atom. The van der Waals surface area contributed by atoms with E-state index in [2.05, 4.69) is 20.2 Å². The maximum atomic E-state index is 11.9. The third-order valence-corrected chi connectivity index (χ3v) is 3.59. The van der Waals surface area contributed by atoms with Crippen LogP contribution in [0.3, 0.4) is 0 Å². The Balaban J connectivity index is 2.24. The second-order valence-corrected chi connectivity index (χ2v) is 7.31. The topological polar surface area (TPSA) is 121 Å². The van der Waals surface area contributed by atoms with Crippen molar-refractivity contribution in [3.8, 4) is 11.6 Å². The van der Waals surface area contributed by atoms with E-state index in [1.54, 1.807) is 6.07 Å². The van der Waals surface area contributed by atoms with Crippen molar-refractivity contribution in [3.05, 3.63) is 44.4 Å². The Morgan fingerprint density at radius 3 is 2.38 bits per heavy atom. The summed E-state index contributed by atoms with van der Waals surface area (Å²) < 4.78 is 5.66. The molecular weight excluding hydrogens is 312 g/mol. The molecule has 2 rings (SSSR count). The molecule has 2 heterocycles. The number of aromatic amines is 2. The minimum Gasteiger partial charge on any atom is -0.489 e. The van der Waals surface area contributed by atoms with Crippen LogP contribution in [0, 0.1) is 0 Å². The number of H-pyrrole nitrogens is 2. The molecule has 0 amide bonds. The molecule has 0 bridgehead atoms. The van der Waals surface area contributed by atoms with Gasteiger partial charge in [-0.1, -0.05) is 34.6 Å². The largest absolute Gasteiger partial charge is 0.489 e. The lowest BCUT2D eigenvalue weighted by atomic mass is 9.90. The van der Waals surface area contributed by atoms with E-state index in [1.807, 2.05) is 34.6 Å². The van der Waals surface area contributed by atoms with Crippen LogP contribution < -0.4 is 15.9 Å². The molecule has 0 radical (unpaired) electrons. The SMILES string of the molecule is CC(C)(C)c1cc(OCC(C)(C)c2c[nH]c(=O)c(O)n2)c(=O)[nH]n1. The smallest absolute Gasteiger partial charge is 0.310 e. The van der Waals surface area contributed by atoms with Crippen LogP contribution in [0.5, 0.6) is 11.6 Å². The predicted molar refractivity (Wildman–Crippen MR) is 88.6 cm³/mol. The summed E-state index contributed by atoms with van der Waals surface area (Å²) in [5.41, 5.74) is -0.800. The molecule has 0 atom stereocenters. The van der Waals surface area contributed by atoms with Gasteiger partial charge in [0.2, 0.25) is 0 Å². The summed E-state index contributed by atoms with van der Waals surface area (Å²) in [5, 5.41) is 15.9. The van der Waals surface area contributed by atoms with Gasteiger partial charge in [-0.3, -0.25) is 9.59 Å². The van der Waals surface area contributed by atoms with Gasteiger partial charge in [-0.25, -0.2) is 10.1 Å². The lowest BCUT2D eigenvalue weighted by molar-refractivity contribution is 0.231. The molecule has 8 heteroatoms. The van der Waals surface area contributed by atoms with Gasteiger partial charge in [-0.2, -0.15) is 5.10 Å². The molecule has 24 heavy (non-hydrogen) atoms. The normalized spacial score (nSPS) is 12.2. The second-order valence-electron chi connectivity index (χ2n) is 7.31. The Hall–Kier alpha value is -2.64. The fraction of sp³-hybridized carbons (Fsp3) is 0.500. The summed E-state index contributed by atoms with van der Waals surface area (Å²) in [4.78, 5) is 29.4. The van der Waals surface area contributed by atoms with Crippen molar-refractivity contribution in [2.45, 2.75) is 45.4 Å². The van der Waals surface area contributed by atoms with Gasteiger partial charge >= 0.3 is 11.1 Å². The van der Waals surface area contributed by atoms with Crippen LogP contribution in [-0.2, 0) is 10.8 Å². The highest BCUT2D eigenvalue weighted by molar-refractivity contribution is 5.24. The average molecular weight is 334 g/mol. The van der Waals surface area contributed by atoms with E-state index in [0.29, 0.717) is 11.4 Å². The zero-order chi connectivity index (χ0) is 18.1.